The predicted octanol–water partition coefficient (Wildman–Crippen LogP) is 2.34. The quantitative estimate of drug-likeness (QED) is 0.761. The first kappa shape index (κ1) is 19.7. The molecule has 0 saturated heterocycles. The first-order valence-electron chi connectivity index (χ1n) is 9.99. The lowest BCUT2D eigenvalue weighted by molar-refractivity contribution is -0.126. The van der Waals surface area contributed by atoms with Crippen molar-refractivity contribution in [1.82, 2.24) is 10.2 Å². The largest absolute Gasteiger partial charge is 0.381 e. The molecule has 6 heteroatoms. The van der Waals surface area contributed by atoms with Crippen molar-refractivity contribution in [3.8, 4) is 6.07 Å². The lowest BCUT2D eigenvalue weighted by Gasteiger charge is -2.34. The van der Waals surface area contributed by atoms with Gasteiger partial charge in [-0.3, -0.25) is 9.59 Å². The zero-order chi connectivity index (χ0) is 21.6. The first-order chi connectivity index (χ1) is 14.4. The van der Waals surface area contributed by atoms with Crippen molar-refractivity contribution in [2.75, 3.05) is 6.54 Å². The third kappa shape index (κ3) is 2.94. The van der Waals surface area contributed by atoms with Gasteiger partial charge in [-0.1, -0.05) is 24.8 Å². The topological polar surface area (TPSA) is 99.2 Å². The molecule has 3 N–H and O–H groups in total. The summed E-state index contributed by atoms with van der Waals surface area (Å²) in [7, 11) is 0. The summed E-state index contributed by atoms with van der Waals surface area (Å²) in [6, 6.07) is 8.06. The molecule has 6 nitrogen and oxygen atoms in total. The summed E-state index contributed by atoms with van der Waals surface area (Å²) in [5.41, 5.74) is 12.8. The summed E-state index contributed by atoms with van der Waals surface area (Å²) in [6.45, 7) is 8.72. The standard InChI is InChI=1S/C24H24N4O2/c1-4-20(29)28-9-8-17-15(12-28)6-5-7-18(17)22-16(11-25)10-19(24(26)30)23-21(22)13(2)14(3)27-23/h4-7,10,21,23,27H,1,8-9,12H2,2-3H3,(H2,26,30). The third-order valence-electron chi connectivity index (χ3n) is 6.45. The average Bonchev–Trinajstić information content (AvgIpc) is 3.05. The van der Waals surface area contributed by atoms with E-state index in [9.17, 15) is 14.9 Å². The van der Waals surface area contributed by atoms with Crippen molar-refractivity contribution >= 4 is 17.4 Å². The summed E-state index contributed by atoms with van der Waals surface area (Å²) in [6.07, 6.45) is 3.67. The van der Waals surface area contributed by atoms with E-state index in [1.54, 1.807) is 11.0 Å². The van der Waals surface area contributed by atoms with Gasteiger partial charge < -0.3 is 16.0 Å². The van der Waals surface area contributed by atoms with Crippen molar-refractivity contribution in [2.24, 2.45) is 11.7 Å². The molecule has 2 aliphatic heterocycles. The van der Waals surface area contributed by atoms with Gasteiger partial charge >= 0.3 is 0 Å². The fraction of sp³-hybridized carbons (Fsp3) is 0.292. The lowest BCUT2D eigenvalue weighted by Crippen LogP contribution is -2.39. The molecule has 2 heterocycles. The monoisotopic (exact) mass is 400 g/mol. The van der Waals surface area contributed by atoms with Crippen molar-refractivity contribution in [3.05, 3.63) is 76.0 Å². The van der Waals surface area contributed by atoms with E-state index >= 15 is 0 Å². The van der Waals surface area contributed by atoms with Gasteiger partial charge in [-0.25, -0.2) is 0 Å². The number of nitrogens with zero attached hydrogens (tertiary/aromatic N) is 2. The highest BCUT2D eigenvalue weighted by Gasteiger charge is 2.42. The van der Waals surface area contributed by atoms with E-state index in [4.69, 9.17) is 5.73 Å². The van der Waals surface area contributed by atoms with Gasteiger partial charge in [0.25, 0.3) is 0 Å². The maximum atomic E-state index is 12.1. The van der Waals surface area contributed by atoms with Crippen LogP contribution in [0.2, 0.25) is 0 Å². The smallest absolute Gasteiger partial charge is 0.246 e. The zero-order valence-electron chi connectivity index (χ0n) is 17.2. The summed E-state index contributed by atoms with van der Waals surface area (Å²) in [5.74, 6) is -0.726. The number of allylic oxidation sites excluding steroid dienone is 3. The minimum Gasteiger partial charge on any atom is -0.381 e. The Morgan fingerprint density at radius 2 is 2.13 bits per heavy atom. The van der Waals surface area contributed by atoms with Crippen molar-refractivity contribution in [2.45, 2.75) is 32.9 Å². The number of hydrogen-bond acceptors (Lipinski definition) is 4. The van der Waals surface area contributed by atoms with Crippen LogP contribution in [0.1, 0.15) is 30.5 Å². The molecule has 30 heavy (non-hydrogen) atoms. The number of benzene rings is 1. The van der Waals surface area contributed by atoms with Gasteiger partial charge in [0, 0.05) is 30.3 Å². The van der Waals surface area contributed by atoms with Crippen LogP contribution in [0.15, 0.2) is 59.3 Å². The number of hydrogen-bond donors (Lipinski definition) is 2. The van der Waals surface area contributed by atoms with E-state index in [1.165, 1.54) is 6.08 Å². The molecule has 2 amide bonds. The Hall–Kier alpha value is -3.59. The number of nitrogens with one attached hydrogen (secondary N) is 1. The number of nitriles is 1. The van der Waals surface area contributed by atoms with E-state index in [2.05, 4.69) is 18.0 Å². The molecule has 1 aromatic carbocycles. The van der Waals surface area contributed by atoms with Crippen LogP contribution in [-0.2, 0) is 22.6 Å². The number of fused-ring (bicyclic) bond motifs is 2. The average molecular weight is 400 g/mol. The van der Waals surface area contributed by atoms with Gasteiger partial charge in [-0.05, 0) is 60.3 Å². The van der Waals surface area contributed by atoms with Crippen LogP contribution in [0.3, 0.4) is 0 Å². The molecule has 0 aromatic heterocycles. The van der Waals surface area contributed by atoms with Crippen molar-refractivity contribution < 1.29 is 9.59 Å². The molecule has 0 bridgehead atoms. The SMILES string of the molecule is C=CC(=O)N1CCc2c(cccc2C2=C(C#N)C=C(C(N)=O)C3NC(C)=C(C)C23)C1. The maximum Gasteiger partial charge on any atom is 0.246 e. The highest BCUT2D eigenvalue weighted by atomic mass is 16.2. The van der Waals surface area contributed by atoms with E-state index in [0.29, 0.717) is 30.7 Å². The molecule has 2 unspecified atom stereocenters. The minimum atomic E-state index is -0.513. The summed E-state index contributed by atoms with van der Waals surface area (Å²) < 4.78 is 0. The number of primary amides is 1. The Kier molecular flexibility index (Phi) is 4.83. The second kappa shape index (κ2) is 7.34. The summed E-state index contributed by atoms with van der Waals surface area (Å²) >= 11 is 0. The highest BCUT2D eigenvalue weighted by Crippen LogP contribution is 2.46. The summed E-state index contributed by atoms with van der Waals surface area (Å²) in [5, 5.41) is 13.3. The Labute approximate surface area is 176 Å². The number of nitrogens with two attached hydrogens (primary N) is 1. The van der Waals surface area contributed by atoms with E-state index in [0.717, 1.165) is 33.5 Å². The maximum absolute atomic E-state index is 12.1. The zero-order valence-corrected chi connectivity index (χ0v) is 17.2. The molecule has 1 aromatic rings. The first-order valence-corrected chi connectivity index (χ1v) is 9.99. The van der Waals surface area contributed by atoms with Gasteiger partial charge in [0.1, 0.15) is 0 Å². The third-order valence-corrected chi connectivity index (χ3v) is 6.45. The molecule has 0 spiro atoms. The van der Waals surface area contributed by atoms with Gasteiger partial charge in [-0.2, -0.15) is 5.26 Å². The second-order valence-corrected chi connectivity index (χ2v) is 7.97. The predicted molar refractivity (Wildman–Crippen MR) is 114 cm³/mol. The Balaban J connectivity index is 1.89. The molecule has 0 fully saturated rings. The lowest BCUT2D eigenvalue weighted by atomic mass is 9.73. The van der Waals surface area contributed by atoms with Gasteiger partial charge in [0.2, 0.25) is 11.8 Å². The normalized spacial score (nSPS) is 22.6. The number of carbonyl (C=O) groups is 2. The molecule has 4 rings (SSSR count). The van der Waals surface area contributed by atoms with Crippen LogP contribution in [0.25, 0.3) is 5.57 Å². The minimum absolute atomic E-state index is 0.0795. The fourth-order valence-corrected chi connectivity index (χ4v) is 4.85. The number of rotatable bonds is 3. The van der Waals surface area contributed by atoms with Crippen LogP contribution in [0.5, 0.6) is 0 Å². The molecule has 0 radical (unpaired) electrons. The molecular weight excluding hydrogens is 376 g/mol. The van der Waals surface area contributed by atoms with Crippen LogP contribution in [0, 0.1) is 17.2 Å². The molecule has 2 atom stereocenters. The number of amides is 2. The Bertz CT molecular complexity index is 1120. The number of carbonyl (C=O) groups excluding carboxylic acids is 2. The molecule has 3 aliphatic rings. The van der Waals surface area contributed by atoms with Crippen molar-refractivity contribution in [1.29, 1.82) is 5.26 Å². The van der Waals surface area contributed by atoms with Crippen LogP contribution in [0.4, 0.5) is 0 Å². The van der Waals surface area contributed by atoms with Crippen LogP contribution >= 0.6 is 0 Å². The fourth-order valence-electron chi connectivity index (χ4n) is 4.85. The molecular formula is C24H24N4O2. The molecule has 0 saturated carbocycles. The van der Waals surface area contributed by atoms with E-state index in [-0.39, 0.29) is 17.9 Å². The van der Waals surface area contributed by atoms with E-state index < -0.39 is 5.91 Å². The van der Waals surface area contributed by atoms with Crippen LogP contribution in [-0.4, -0.2) is 29.3 Å². The summed E-state index contributed by atoms with van der Waals surface area (Å²) in [4.78, 5) is 26.0. The molecule has 1 aliphatic carbocycles. The van der Waals surface area contributed by atoms with Gasteiger partial charge in [0.05, 0.1) is 17.7 Å². The molecule has 152 valence electrons. The Morgan fingerprint density at radius 3 is 2.80 bits per heavy atom. The van der Waals surface area contributed by atoms with Gasteiger partial charge in [0.15, 0.2) is 0 Å². The highest BCUT2D eigenvalue weighted by molar-refractivity contribution is 5.98. The van der Waals surface area contributed by atoms with Crippen molar-refractivity contribution in [3.63, 3.8) is 0 Å². The van der Waals surface area contributed by atoms with Gasteiger partial charge in [-0.15, -0.1) is 0 Å². The van der Waals surface area contributed by atoms with Crippen LogP contribution < -0.4 is 11.1 Å². The Morgan fingerprint density at radius 1 is 1.37 bits per heavy atom. The second-order valence-electron chi connectivity index (χ2n) is 7.97. The van der Waals surface area contributed by atoms with E-state index in [1.807, 2.05) is 32.0 Å².